The molecule has 1 aromatic carbocycles. The molecule has 0 spiro atoms. The minimum atomic E-state index is -0.498. The van der Waals surface area contributed by atoms with E-state index in [1.165, 1.54) is 0 Å². The van der Waals surface area contributed by atoms with Crippen molar-refractivity contribution in [3.63, 3.8) is 0 Å². The van der Waals surface area contributed by atoms with Gasteiger partial charge in [0, 0.05) is 24.7 Å². The molecule has 0 aliphatic carbocycles. The molecule has 1 amide bonds. The molecule has 0 aliphatic heterocycles. The molecule has 1 aromatic rings. The number of carbonyl (C=O) groups is 1. The maximum Gasteiger partial charge on any atom is 1.00 e. The van der Waals surface area contributed by atoms with E-state index < -0.39 is 5.60 Å². The van der Waals surface area contributed by atoms with Gasteiger partial charge in [-0.2, -0.15) is 0 Å². The number of benzene rings is 1. The second-order valence-corrected chi connectivity index (χ2v) is 7.74. The van der Waals surface area contributed by atoms with E-state index in [0.717, 1.165) is 17.5 Å². The van der Waals surface area contributed by atoms with E-state index in [1.54, 1.807) is 11.9 Å². The molecule has 1 rings (SSSR count). The van der Waals surface area contributed by atoms with Crippen molar-refractivity contribution in [2.24, 2.45) is 0 Å². The van der Waals surface area contributed by atoms with Crippen molar-refractivity contribution >= 4 is 17.7 Å². The van der Waals surface area contributed by atoms with E-state index in [1.807, 2.05) is 39.8 Å². The average molecular weight is 389 g/mol. The van der Waals surface area contributed by atoms with Crippen LogP contribution in [0.25, 0.3) is 0 Å². The summed E-state index contributed by atoms with van der Waals surface area (Å²) < 4.78 is 5.42. The predicted molar refractivity (Wildman–Crippen MR) is 111 cm³/mol. The zero-order chi connectivity index (χ0) is 19.2. The fourth-order valence-electron chi connectivity index (χ4n) is 2.69. The number of rotatable bonds is 7. The molecule has 0 unspecified atom stereocenters. The maximum atomic E-state index is 12.2. The largest absolute Gasteiger partial charge is 1.00 e. The van der Waals surface area contributed by atoms with Crippen LogP contribution in [0.1, 0.15) is 44.4 Å². The molecule has 4 nitrogen and oxygen atoms in total. The Hall–Kier alpha value is -0.663. The first-order chi connectivity index (χ1) is 11.6. The number of halogens is 1. The molecule has 0 N–H and O–H groups in total. The van der Waals surface area contributed by atoms with Gasteiger partial charge in [-0.25, -0.2) is 4.79 Å². The minimum Gasteiger partial charge on any atom is -0.444 e. The molecule has 0 saturated carbocycles. The van der Waals surface area contributed by atoms with Crippen LogP contribution in [0.5, 0.6) is 0 Å². The first kappa shape index (κ1) is 28.5. The molecule has 0 aromatic heterocycles. The summed E-state index contributed by atoms with van der Waals surface area (Å²) in [6.45, 7) is 17.5. The van der Waals surface area contributed by atoms with Crippen LogP contribution in [0.4, 0.5) is 4.79 Å². The van der Waals surface area contributed by atoms with Gasteiger partial charge < -0.3 is 35.8 Å². The third-order valence-electron chi connectivity index (χ3n) is 3.91. The Labute approximate surface area is 183 Å². The number of hydrogen-bond donors (Lipinski definition) is 0. The summed E-state index contributed by atoms with van der Waals surface area (Å²) in [5.74, 6) is 0. The molecule has 0 saturated heterocycles. The van der Waals surface area contributed by atoms with Gasteiger partial charge in [-0.3, -0.25) is 0 Å². The second-order valence-electron chi connectivity index (χ2n) is 7.30. The minimum absolute atomic E-state index is 0. The van der Waals surface area contributed by atoms with Crippen molar-refractivity contribution in [2.45, 2.75) is 45.8 Å². The average Bonchev–Trinajstić information content (AvgIpc) is 2.48. The fraction of sp³-hybridized carbons (Fsp3) is 0.524. The van der Waals surface area contributed by atoms with Gasteiger partial charge in [0.1, 0.15) is 5.60 Å². The normalized spacial score (nSPS) is 12.0. The summed E-state index contributed by atoms with van der Waals surface area (Å²) in [4.78, 5) is 16.0. The first-order valence-corrected chi connectivity index (χ1v) is 8.99. The van der Waals surface area contributed by atoms with Crippen molar-refractivity contribution in [2.75, 3.05) is 26.7 Å². The summed E-state index contributed by atoms with van der Waals surface area (Å²) in [6, 6.07) is 6.14. The number of ether oxygens (including phenoxy) is 1. The van der Waals surface area contributed by atoms with Gasteiger partial charge in [-0.1, -0.05) is 17.7 Å². The van der Waals surface area contributed by atoms with E-state index in [-0.39, 0.29) is 38.4 Å². The van der Waals surface area contributed by atoms with Gasteiger partial charge in [-0.15, -0.1) is 13.1 Å². The van der Waals surface area contributed by atoms with Crippen LogP contribution in [0, 0.1) is 28.2 Å². The molecule has 1 atom stereocenters. The van der Waals surface area contributed by atoms with Gasteiger partial charge in [0.05, 0.1) is 0 Å². The number of nitrogens with zero attached hydrogens (tertiary/aromatic N) is 2. The van der Waals surface area contributed by atoms with E-state index in [9.17, 15) is 4.79 Å². The summed E-state index contributed by atoms with van der Waals surface area (Å²) in [7, 11) is 1.76. The third kappa shape index (κ3) is 9.90. The van der Waals surface area contributed by atoms with Crippen LogP contribution in [-0.4, -0.2) is 48.2 Å². The molecule has 0 fully saturated rings. The molecule has 0 heterocycles. The summed E-state index contributed by atoms with van der Waals surface area (Å²) in [6.07, 6.45) is 0.435. The Kier molecular flexibility index (Phi) is 13.5. The Bertz CT molecular complexity index is 552. The smallest absolute Gasteiger partial charge is 0.444 e. The summed E-state index contributed by atoms with van der Waals surface area (Å²) in [5, 5.41) is 0.716. The van der Waals surface area contributed by atoms with Gasteiger partial charge in [0.25, 0.3) is 0 Å². The van der Waals surface area contributed by atoms with Crippen molar-refractivity contribution in [3.8, 4) is 0 Å². The molecular weight excluding hydrogens is 355 g/mol. The van der Waals surface area contributed by atoms with Crippen LogP contribution in [0.2, 0.25) is 5.02 Å². The van der Waals surface area contributed by atoms with Crippen LogP contribution >= 0.6 is 11.6 Å². The third-order valence-corrected chi connectivity index (χ3v) is 4.13. The van der Waals surface area contributed by atoms with Crippen molar-refractivity contribution in [1.29, 1.82) is 0 Å². The van der Waals surface area contributed by atoms with Gasteiger partial charge in [0.2, 0.25) is 0 Å². The molecule has 150 valence electrons. The van der Waals surface area contributed by atoms with E-state index in [2.05, 4.69) is 24.8 Å². The van der Waals surface area contributed by atoms with Crippen molar-refractivity contribution < 1.29 is 28.4 Å². The van der Waals surface area contributed by atoms with Gasteiger partial charge in [0.15, 0.2) is 0 Å². The Morgan fingerprint density at radius 1 is 1.22 bits per heavy atom. The van der Waals surface area contributed by atoms with E-state index in [4.69, 9.17) is 16.3 Å². The molecule has 0 aliphatic rings. The Morgan fingerprint density at radius 2 is 1.78 bits per heavy atom. The molecule has 27 heavy (non-hydrogen) atoms. The standard InChI is InChI=1S/C20H31ClN2O2.CH3.Li/c1-8-23(9-2)18(16-12-15(3)13-17(21)14-16)10-11-22(7)19(24)25-20(4,5)6;;/h12-14,18H,1-2,8-11H2,3-7H3;1H3;/q-2;-1;+1/t18-;;/m0../s1. The number of carbonyl (C=O) groups excluding carboxylic acids is 1. The summed E-state index contributed by atoms with van der Waals surface area (Å²) >= 11 is 6.24. The second kappa shape index (κ2) is 12.7. The van der Waals surface area contributed by atoms with Gasteiger partial charge in [-0.05, 0) is 57.4 Å². The predicted octanol–water partition coefficient (Wildman–Crippen LogP) is 2.37. The van der Waals surface area contributed by atoms with E-state index in [0.29, 0.717) is 24.7 Å². The molecule has 0 radical (unpaired) electrons. The number of hydrogen-bond acceptors (Lipinski definition) is 3. The zero-order valence-electron chi connectivity index (χ0n) is 18.1. The van der Waals surface area contributed by atoms with Crippen molar-refractivity contribution in [1.82, 2.24) is 9.80 Å². The van der Waals surface area contributed by atoms with Crippen LogP contribution < -0.4 is 18.9 Å². The molecule has 6 heteroatoms. The molecule has 0 bridgehead atoms. The van der Waals surface area contributed by atoms with Crippen LogP contribution in [0.3, 0.4) is 0 Å². The fourth-order valence-corrected chi connectivity index (χ4v) is 2.99. The quantitative estimate of drug-likeness (QED) is 0.531. The number of aryl methyl sites for hydroxylation is 1. The zero-order valence-corrected chi connectivity index (χ0v) is 18.9. The van der Waals surface area contributed by atoms with Crippen LogP contribution in [0.15, 0.2) is 18.2 Å². The maximum absolute atomic E-state index is 12.2. The Morgan fingerprint density at radius 3 is 2.22 bits per heavy atom. The first-order valence-electron chi connectivity index (χ1n) is 8.61. The SMILES string of the molecule is [CH2-]CN(C[CH2-])[C@@H](CCN(C)C(=O)OC(C)(C)C)c1cc(C)cc(Cl)c1.[CH3-].[Li+]. The van der Waals surface area contributed by atoms with E-state index >= 15 is 0 Å². The topological polar surface area (TPSA) is 32.8 Å². The van der Waals surface area contributed by atoms with Crippen LogP contribution in [-0.2, 0) is 4.74 Å². The monoisotopic (exact) mass is 388 g/mol. The van der Waals surface area contributed by atoms with Crippen molar-refractivity contribution in [3.05, 3.63) is 55.6 Å². The molecular formula is C21H34ClLiN2O2-2. The summed E-state index contributed by atoms with van der Waals surface area (Å²) in [5.41, 5.74) is 1.73. The number of amides is 1. The Balaban J connectivity index is 0. The van der Waals surface area contributed by atoms with Gasteiger partial charge >= 0.3 is 25.0 Å².